The van der Waals surface area contributed by atoms with Crippen LogP contribution in [0.2, 0.25) is 0 Å². The van der Waals surface area contributed by atoms with E-state index in [-0.39, 0.29) is 17.8 Å². The highest BCUT2D eigenvalue weighted by Gasteiger charge is 2.34. The number of hydrogen-bond donors (Lipinski definition) is 2. The molecule has 0 aliphatic carbocycles. The number of carbonyl (C=O) groups excluding carboxylic acids is 1. The first-order valence-electron chi connectivity index (χ1n) is 13.1. The molecule has 1 amide bonds. The highest BCUT2D eigenvalue weighted by molar-refractivity contribution is 6.05. The van der Waals surface area contributed by atoms with Gasteiger partial charge in [0.15, 0.2) is 0 Å². The van der Waals surface area contributed by atoms with Gasteiger partial charge in [-0.05, 0) is 60.5 Å². The largest absolute Gasteiger partial charge is 0.416 e. The van der Waals surface area contributed by atoms with Crippen molar-refractivity contribution in [3.05, 3.63) is 82.5 Å². The summed E-state index contributed by atoms with van der Waals surface area (Å²) in [6.07, 6.45) is -1.83. The molecule has 5 rings (SSSR count). The number of aromatic nitrogens is 1. The number of nitrogens with one attached hydrogen (secondary N) is 2. The van der Waals surface area contributed by atoms with Gasteiger partial charge in [-0.15, -0.1) is 0 Å². The summed E-state index contributed by atoms with van der Waals surface area (Å²) in [6, 6.07) is 13.5. The predicted molar refractivity (Wildman–Crippen MR) is 147 cm³/mol. The van der Waals surface area contributed by atoms with E-state index < -0.39 is 17.6 Å². The van der Waals surface area contributed by atoms with Crippen LogP contribution in [0.1, 0.15) is 32.6 Å². The first-order chi connectivity index (χ1) is 18.7. The van der Waals surface area contributed by atoms with Gasteiger partial charge in [0.2, 0.25) is 0 Å². The normalized spacial score (nSPS) is 16.3. The number of piperazine rings is 1. The molecule has 0 saturated carbocycles. The Kier molecular flexibility index (Phi) is 7.76. The van der Waals surface area contributed by atoms with Crippen molar-refractivity contribution in [3.8, 4) is 0 Å². The maximum atomic E-state index is 14.0. The standard InChI is InChI=1S/C29H33F3N6O/c1-33-27-8-3-20(17-34-27)18-38-10-9-21-4-5-22(15-26(21)38)28(39)35-24-7-6-23(25(16-24)29(30,31)32)19-37-13-11-36(2)12-14-37/h3-8,15-17H,9-14,18-19H2,1-2H3,(H,33,34)(H,35,39). The van der Waals surface area contributed by atoms with Crippen LogP contribution in [-0.2, 0) is 25.7 Å². The van der Waals surface area contributed by atoms with Gasteiger partial charge in [0, 0.05) is 76.0 Å². The lowest BCUT2D eigenvalue weighted by atomic mass is 10.0. The number of alkyl halides is 3. The molecule has 206 valence electrons. The van der Waals surface area contributed by atoms with E-state index in [9.17, 15) is 18.0 Å². The number of hydrogen-bond acceptors (Lipinski definition) is 6. The molecular formula is C29H33F3N6O. The van der Waals surface area contributed by atoms with Crippen LogP contribution >= 0.6 is 0 Å². The van der Waals surface area contributed by atoms with Gasteiger partial charge in [-0.3, -0.25) is 9.69 Å². The minimum atomic E-state index is -4.52. The van der Waals surface area contributed by atoms with Crippen LogP contribution in [0.5, 0.6) is 0 Å². The number of anilines is 3. The van der Waals surface area contributed by atoms with Crippen LogP contribution in [0.3, 0.4) is 0 Å². The first kappa shape index (κ1) is 27.0. The number of amides is 1. The van der Waals surface area contributed by atoms with E-state index in [0.29, 0.717) is 12.1 Å². The van der Waals surface area contributed by atoms with Crippen LogP contribution < -0.4 is 15.5 Å². The summed E-state index contributed by atoms with van der Waals surface area (Å²) in [6.45, 7) is 4.79. The van der Waals surface area contributed by atoms with E-state index in [2.05, 4.69) is 25.4 Å². The molecule has 2 aromatic carbocycles. The summed E-state index contributed by atoms with van der Waals surface area (Å²) in [7, 11) is 3.83. The molecule has 2 N–H and O–H groups in total. The fraction of sp³-hybridized carbons (Fsp3) is 0.379. The molecule has 3 heterocycles. The Bertz CT molecular complexity index is 1320. The summed E-state index contributed by atoms with van der Waals surface area (Å²) in [5, 5.41) is 5.68. The SMILES string of the molecule is CNc1ccc(CN2CCc3ccc(C(=O)Nc4ccc(CN5CCN(C)CC5)c(C(F)(F)F)c4)cc32)cn1. The smallest absolute Gasteiger partial charge is 0.373 e. The van der Waals surface area contributed by atoms with Crippen LogP contribution in [0.15, 0.2) is 54.7 Å². The van der Waals surface area contributed by atoms with Gasteiger partial charge >= 0.3 is 6.18 Å². The van der Waals surface area contributed by atoms with Crippen LogP contribution in [-0.4, -0.2) is 67.5 Å². The van der Waals surface area contributed by atoms with Crippen LogP contribution in [0, 0.1) is 0 Å². The van der Waals surface area contributed by atoms with Crippen LogP contribution in [0.25, 0.3) is 0 Å². The summed E-state index contributed by atoms with van der Waals surface area (Å²) >= 11 is 0. The number of likely N-dealkylation sites (N-methyl/N-ethyl adjacent to an activating group) is 1. The molecule has 2 aliphatic rings. The minimum Gasteiger partial charge on any atom is -0.373 e. The molecule has 0 atom stereocenters. The number of carbonyl (C=O) groups is 1. The van der Waals surface area contributed by atoms with Gasteiger partial charge < -0.3 is 20.4 Å². The lowest BCUT2D eigenvalue weighted by Gasteiger charge is -2.33. The Morgan fingerprint density at radius 1 is 0.974 bits per heavy atom. The maximum absolute atomic E-state index is 14.0. The molecule has 0 unspecified atom stereocenters. The van der Waals surface area contributed by atoms with E-state index in [1.165, 1.54) is 6.07 Å². The molecule has 0 bridgehead atoms. The van der Waals surface area contributed by atoms with Crippen molar-refractivity contribution in [2.24, 2.45) is 0 Å². The molecule has 1 aromatic heterocycles. The highest BCUT2D eigenvalue weighted by Crippen LogP contribution is 2.35. The topological polar surface area (TPSA) is 63.7 Å². The number of pyridine rings is 1. The number of fused-ring (bicyclic) bond motifs is 1. The third kappa shape index (κ3) is 6.34. The zero-order chi connectivity index (χ0) is 27.6. The fourth-order valence-corrected chi connectivity index (χ4v) is 5.14. The molecule has 2 aliphatic heterocycles. The van der Waals surface area contributed by atoms with Crippen molar-refractivity contribution in [1.82, 2.24) is 14.8 Å². The second-order valence-corrected chi connectivity index (χ2v) is 10.2. The maximum Gasteiger partial charge on any atom is 0.416 e. The predicted octanol–water partition coefficient (Wildman–Crippen LogP) is 4.70. The molecule has 7 nitrogen and oxygen atoms in total. The molecule has 0 spiro atoms. The summed E-state index contributed by atoms with van der Waals surface area (Å²) in [4.78, 5) is 23.9. The van der Waals surface area contributed by atoms with E-state index >= 15 is 0 Å². The van der Waals surface area contributed by atoms with Crippen molar-refractivity contribution in [1.29, 1.82) is 0 Å². The lowest BCUT2D eigenvalue weighted by Crippen LogP contribution is -2.44. The third-order valence-electron chi connectivity index (χ3n) is 7.46. The van der Waals surface area contributed by atoms with E-state index in [1.54, 1.807) is 12.1 Å². The minimum absolute atomic E-state index is 0.127. The van der Waals surface area contributed by atoms with Crippen LogP contribution in [0.4, 0.5) is 30.4 Å². The van der Waals surface area contributed by atoms with Crippen molar-refractivity contribution in [2.75, 3.05) is 62.4 Å². The van der Waals surface area contributed by atoms with Gasteiger partial charge in [-0.25, -0.2) is 4.98 Å². The van der Waals surface area contributed by atoms with Gasteiger partial charge in [-0.1, -0.05) is 18.2 Å². The molecule has 39 heavy (non-hydrogen) atoms. The molecule has 10 heteroatoms. The zero-order valence-electron chi connectivity index (χ0n) is 22.2. The number of halogens is 3. The Labute approximate surface area is 226 Å². The average molecular weight is 539 g/mol. The summed E-state index contributed by atoms with van der Waals surface area (Å²) in [5.41, 5.74) is 3.18. The Balaban J connectivity index is 1.30. The first-order valence-corrected chi connectivity index (χ1v) is 13.1. The average Bonchev–Trinajstić information content (AvgIpc) is 3.32. The summed E-state index contributed by atoms with van der Waals surface area (Å²) < 4.78 is 41.9. The molecule has 1 fully saturated rings. The van der Waals surface area contributed by atoms with Crippen molar-refractivity contribution in [2.45, 2.75) is 25.7 Å². The second kappa shape index (κ2) is 11.2. The van der Waals surface area contributed by atoms with Gasteiger partial charge in [-0.2, -0.15) is 13.2 Å². The second-order valence-electron chi connectivity index (χ2n) is 10.2. The van der Waals surface area contributed by atoms with Gasteiger partial charge in [0.1, 0.15) is 5.82 Å². The monoisotopic (exact) mass is 538 g/mol. The Hall–Kier alpha value is -3.63. The van der Waals surface area contributed by atoms with Crippen molar-refractivity contribution < 1.29 is 18.0 Å². The molecule has 3 aromatic rings. The quantitative estimate of drug-likeness (QED) is 0.455. The zero-order valence-corrected chi connectivity index (χ0v) is 22.2. The van der Waals surface area contributed by atoms with E-state index in [0.717, 1.165) is 67.8 Å². The Morgan fingerprint density at radius 2 is 1.77 bits per heavy atom. The summed E-state index contributed by atoms with van der Waals surface area (Å²) in [5.74, 6) is 0.352. The fourth-order valence-electron chi connectivity index (χ4n) is 5.14. The Morgan fingerprint density at radius 3 is 2.46 bits per heavy atom. The molecule has 0 radical (unpaired) electrons. The third-order valence-corrected chi connectivity index (χ3v) is 7.46. The molecular weight excluding hydrogens is 505 g/mol. The number of rotatable bonds is 7. The number of benzene rings is 2. The van der Waals surface area contributed by atoms with Gasteiger partial charge in [0.05, 0.1) is 5.56 Å². The highest BCUT2D eigenvalue weighted by atomic mass is 19.4. The molecule has 1 saturated heterocycles. The van der Waals surface area contributed by atoms with Crippen molar-refractivity contribution in [3.63, 3.8) is 0 Å². The van der Waals surface area contributed by atoms with E-state index in [1.807, 2.05) is 49.5 Å². The van der Waals surface area contributed by atoms with Crippen molar-refractivity contribution >= 4 is 23.1 Å². The van der Waals surface area contributed by atoms with E-state index in [4.69, 9.17) is 0 Å². The van der Waals surface area contributed by atoms with Gasteiger partial charge in [0.25, 0.3) is 5.91 Å². The lowest BCUT2D eigenvalue weighted by molar-refractivity contribution is -0.138. The number of nitrogens with zero attached hydrogens (tertiary/aromatic N) is 4.